The Morgan fingerprint density at radius 2 is 1.85 bits per heavy atom. The maximum absolute atomic E-state index is 11.1. The van der Waals surface area contributed by atoms with Gasteiger partial charge in [0, 0.05) is 15.6 Å². The Hall–Kier alpha value is -1.42. The van der Waals surface area contributed by atoms with E-state index in [2.05, 4.69) is 0 Å². The second-order valence-electron chi connectivity index (χ2n) is 3.95. The highest BCUT2D eigenvalue weighted by atomic mass is 35.5. The number of para-hydroxylation sites is 1. The Balaban J connectivity index is 2.25. The number of benzene rings is 2. The monoisotopic (exact) mass is 330 g/mol. The van der Waals surface area contributed by atoms with Crippen LogP contribution in [-0.2, 0) is 6.61 Å². The Labute approximate surface area is 130 Å². The highest BCUT2D eigenvalue weighted by Crippen LogP contribution is 2.30. The van der Waals surface area contributed by atoms with Crippen molar-refractivity contribution in [2.45, 2.75) is 6.61 Å². The van der Waals surface area contributed by atoms with E-state index in [1.165, 1.54) is 6.07 Å². The van der Waals surface area contributed by atoms with Crippen LogP contribution in [0.5, 0.6) is 5.75 Å². The Kier molecular flexibility index (Phi) is 4.76. The summed E-state index contributed by atoms with van der Waals surface area (Å²) in [4.78, 5) is 11.1. The number of hydrogen-bond acceptors (Lipinski definition) is 2. The Morgan fingerprint density at radius 1 is 1.10 bits per heavy atom. The van der Waals surface area contributed by atoms with Crippen LogP contribution in [0, 0.1) is 0 Å². The van der Waals surface area contributed by atoms with Gasteiger partial charge in [0.25, 0.3) is 0 Å². The summed E-state index contributed by atoms with van der Waals surface area (Å²) in [5.41, 5.74) is 0.690. The molecule has 0 aliphatic heterocycles. The van der Waals surface area contributed by atoms with Crippen LogP contribution in [0.25, 0.3) is 0 Å². The first-order valence-electron chi connectivity index (χ1n) is 5.57. The zero-order valence-electron chi connectivity index (χ0n) is 10.1. The van der Waals surface area contributed by atoms with Crippen molar-refractivity contribution in [1.29, 1.82) is 0 Å². The van der Waals surface area contributed by atoms with E-state index >= 15 is 0 Å². The number of ether oxygens (including phenoxy) is 1. The number of rotatable bonds is 4. The lowest BCUT2D eigenvalue weighted by Gasteiger charge is -2.11. The average molecular weight is 332 g/mol. The molecule has 3 nitrogen and oxygen atoms in total. The molecule has 0 saturated heterocycles. The fraction of sp³-hybridized carbons (Fsp3) is 0.0714. The van der Waals surface area contributed by atoms with Gasteiger partial charge >= 0.3 is 5.97 Å². The third-order valence-electron chi connectivity index (χ3n) is 2.58. The number of aromatic carboxylic acids is 1. The summed E-state index contributed by atoms with van der Waals surface area (Å²) < 4.78 is 5.50. The van der Waals surface area contributed by atoms with E-state index in [-0.39, 0.29) is 22.9 Å². The second kappa shape index (κ2) is 6.35. The summed E-state index contributed by atoms with van der Waals surface area (Å²) in [7, 11) is 0. The van der Waals surface area contributed by atoms with E-state index in [0.717, 1.165) is 0 Å². The van der Waals surface area contributed by atoms with Gasteiger partial charge in [0.1, 0.15) is 12.2 Å². The van der Waals surface area contributed by atoms with Gasteiger partial charge in [0.05, 0.1) is 5.02 Å². The number of hydrogen-bond donors (Lipinski definition) is 1. The van der Waals surface area contributed by atoms with E-state index in [1.54, 1.807) is 30.3 Å². The predicted octanol–water partition coefficient (Wildman–Crippen LogP) is 4.92. The number of carbonyl (C=O) groups is 1. The molecule has 0 aliphatic carbocycles. The summed E-state index contributed by atoms with van der Waals surface area (Å²) in [5, 5.41) is 10.3. The molecule has 0 fully saturated rings. The van der Waals surface area contributed by atoms with Crippen molar-refractivity contribution in [1.82, 2.24) is 0 Å². The van der Waals surface area contributed by atoms with Gasteiger partial charge in [-0.25, -0.2) is 4.79 Å². The van der Waals surface area contributed by atoms with Crippen molar-refractivity contribution in [3.8, 4) is 5.75 Å². The zero-order chi connectivity index (χ0) is 14.7. The van der Waals surface area contributed by atoms with Crippen molar-refractivity contribution in [2.24, 2.45) is 0 Å². The lowest BCUT2D eigenvalue weighted by atomic mass is 10.2. The summed E-state index contributed by atoms with van der Waals surface area (Å²) in [6.07, 6.45) is 0. The van der Waals surface area contributed by atoms with Crippen molar-refractivity contribution in [2.75, 3.05) is 0 Å². The summed E-state index contributed by atoms with van der Waals surface area (Å²) in [6.45, 7) is 0.0972. The van der Waals surface area contributed by atoms with Gasteiger partial charge < -0.3 is 9.84 Å². The smallest absolute Gasteiger partial charge is 0.339 e. The van der Waals surface area contributed by atoms with Crippen LogP contribution in [0.1, 0.15) is 15.9 Å². The molecular weight excluding hydrogens is 323 g/mol. The van der Waals surface area contributed by atoms with Crippen molar-refractivity contribution in [3.63, 3.8) is 0 Å². The lowest BCUT2D eigenvalue weighted by Crippen LogP contribution is -2.04. The molecule has 6 heteroatoms. The molecule has 2 rings (SSSR count). The third kappa shape index (κ3) is 3.37. The maximum atomic E-state index is 11.1. The van der Waals surface area contributed by atoms with Gasteiger partial charge in [-0.1, -0.05) is 46.9 Å². The van der Waals surface area contributed by atoms with E-state index in [4.69, 9.17) is 44.6 Å². The Morgan fingerprint density at radius 3 is 2.50 bits per heavy atom. The summed E-state index contributed by atoms with van der Waals surface area (Å²) >= 11 is 17.8. The van der Waals surface area contributed by atoms with E-state index in [0.29, 0.717) is 15.6 Å². The molecule has 1 N–H and O–H groups in total. The number of carboxylic acid groups (broad SMARTS) is 1. The fourth-order valence-corrected chi connectivity index (χ4v) is 2.30. The molecular formula is C14H9Cl3O3. The van der Waals surface area contributed by atoms with Gasteiger partial charge in [-0.15, -0.1) is 0 Å². The number of halogens is 3. The van der Waals surface area contributed by atoms with Crippen molar-refractivity contribution < 1.29 is 14.6 Å². The molecule has 0 unspecified atom stereocenters. The fourth-order valence-electron chi connectivity index (χ4n) is 1.61. The minimum absolute atomic E-state index is 0.00239. The molecule has 104 valence electrons. The molecule has 0 aromatic heterocycles. The zero-order valence-corrected chi connectivity index (χ0v) is 12.3. The standard InChI is InChI=1S/C14H9Cl3O3/c15-9-5-4-8(12(17)6-9)7-20-13-10(14(18)19)2-1-3-11(13)16/h1-6H,7H2,(H,18,19). The first kappa shape index (κ1) is 15.0. The van der Waals surface area contributed by atoms with E-state index in [1.807, 2.05) is 0 Å². The van der Waals surface area contributed by atoms with Crippen LogP contribution >= 0.6 is 34.8 Å². The molecule has 0 saturated carbocycles. The lowest BCUT2D eigenvalue weighted by molar-refractivity contribution is 0.0692. The molecule has 0 bridgehead atoms. The largest absolute Gasteiger partial charge is 0.486 e. The minimum Gasteiger partial charge on any atom is -0.486 e. The molecule has 0 aliphatic rings. The van der Waals surface area contributed by atoms with E-state index < -0.39 is 5.97 Å². The van der Waals surface area contributed by atoms with Gasteiger partial charge in [-0.2, -0.15) is 0 Å². The quantitative estimate of drug-likeness (QED) is 0.864. The molecule has 20 heavy (non-hydrogen) atoms. The minimum atomic E-state index is -1.11. The number of carboxylic acids is 1. The normalized spacial score (nSPS) is 10.3. The van der Waals surface area contributed by atoms with Gasteiger partial charge in [-0.3, -0.25) is 0 Å². The molecule has 0 atom stereocenters. The van der Waals surface area contributed by atoms with Gasteiger partial charge in [0.15, 0.2) is 5.75 Å². The topological polar surface area (TPSA) is 46.5 Å². The molecule has 0 heterocycles. The first-order chi connectivity index (χ1) is 9.49. The molecule has 0 amide bonds. The molecule has 2 aromatic rings. The SMILES string of the molecule is O=C(O)c1cccc(Cl)c1OCc1ccc(Cl)cc1Cl. The average Bonchev–Trinajstić information content (AvgIpc) is 2.38. The first-order valence-corrected chi connectivity index (χ1v) is 6.71. The highest BCUT2D eigenvalue weighted by molar-refractivity contribution is 6.35. The van der Waals surface area contributed by atoms with Crippen LogP contribution in [-0.4, -0.2) is 11.1 Å². The van der Waals surface area contributed by atoms with Crippen molar-refractivity contribution in [3.05, 3.63) is 62.6 Å². The third-order valence-corrected chi connectivity index (χ3v) is 3.47. The molecule has 2 aromatic carbocycles. The van der Waals surface area contributed by atoms with Gasteiger partial charge in [-0.05, 0) is 24.3 Å². The van der Waals surface area contributed by atoms with Crippen LogP contribution in [0.2, 0.25) is 15.1 Å². The molecule has 0 spiro atoms. The predicted molar refractivity (Wildman–Crippen MR) is 79.2 cm³/mol. The molecule has 0 radical (unpaired) electrons. The van der Waals surface area contributed by atoms with E-state index in [9.17, 15) is 4.79 Å². The van der Waals surface area contributed by atoms with Crippen LogP contribution < -0.4 is 4.74 Å². The summed E-state index contributed by atoms with van der Waals surface area (Å²) in [6, 6.07) is 9.51. The van der Waals surface area contributed by atoms with Crippen LogP contribution in [0.4, 0.5) is 0 Å². The van der Waals surface area contributed by atoms with Crippen LogP contribution in [0.3, 0.4) is 0 Å². The second-order valence-corrected chi connectivity index (χ2v) is 5.20. The van der Waals surface area contributed by atoms with Crippen molar-refractivity contribution >= 4 is 40.8 Å². The Bertz CT molecular complexity index is 656. The van der Waals surface area contributed by atoms with Crippen LogP contribution in [0.15, 0.2) is 36.4 Å². The highest BCUT2D eigenvalue weighted by Gasteiger charge is 2.15. The summed E-state index contributed by atoms with van der Waals surface area (Å²) in [5.74, 6) is -0.989. The maximum Gasteiger partial charge on any atom is 0.339 e. The van der Waals surface area contributed by atoms with Gasteiger partial charge in [0.2, 0.25) is 0 Å².